The summed E-state index contributed by atoms with van der Waals surface area (Å²) < 4.78 is 25.2. The first-order chi connectivity index (χ1) is 14.1. The minimum Gasteiger partial charge on any atom is -0.386 e. The first-order valence-electron chi connectivity index (χ1n) is 10.0. The van der Waals surface area contributed by atoms with Gasteiger partial charge in [-0.05, 0) is 40.5 Å². The number of rotatable bonds is 12. The minimum atomic E-state index is -3.80. The van der Waals surface area contributed by atoms with E-state index >= 15 is 0 Å². The molecule has 0 aromatic rings. The number of unbranched alkanes of at least 4 members (excludes halogenated alkanes) is 2. The van der Waals surface area contributed by atoms with Crippen LogP contribution in [0.4, 0.5) is 0 Å². The fourth-order valence-electron chi connectivity index (χ4n) is 1.70. The fraction of sp³-hybridized carbons (Fsp3) is 0.789. The Kier molecular flexibility index (Phi) is 13.5. The van der Waals surface area contributed by atoms with E-state index in [1.54, 1.807) is 27.7 Å². The van der Waals surface area contributed by atoms with Crippen LogP contribution in [0.15, 0.2) is 10.2 Å². The third-order valence-electron chi connectivity index (χ3n) is 4.28. The Morgan fingerprint density at radius 3 is 1.48 bits per heavy atom. The van der Waals surface area contributed by atoms with Crippen molar-refractivity contribution in [3.63, 3.8) is 0 Å². The van der Waals surface area contributed by atoms with Gasteiger partial charge < -0.3 is 11.5 Å². The van der Waals surface area contributed by atoms with Gasteiger partial charge in [0.1, 0.15) is 22.7 Å². The predicted octanol–water partition coefficient (Wildman–Crippen LogP) is 2.50. The lowest BCUT2D eigenvalue weighted by atomic mass is 10.1. The second-order valence-corrected chi connectivity index (χ2v) is 9.95. The van der Waals surface area contributed by atoms with Gasteiger partial charge in [0.15, 0.2) is 0 Å². The van der Waals surface area contributed by atoms with Crippen molar-refractivity contribution in [3.8, 4) is 12.1 Å². The summed E-state index contributed by atoms with van der Waals surface area (Å²) in [4.78, 5) is 0. The van der Waals surface area contributed by atoms with Gasteiger partial charge >= 0.3 is 0 Å². The second-order valence-electron chi connectivity index (χ2n) is 7.93. The summed E-state index contributed by atoms with van der Waals surface area (Å²) in [5.41, 5.74) is 8.96. The molecule has 0 aromatic heterocycles. The highest BCUT2D eigenvalue weighted by Gasteiger charge is 2.31. The monoisotopic (exact) mass is 455 g/mol. The summed E-state index contributed by atoms with van der Waals surface area (Å²) >= 11 is 0. The van der Waals surface area contributed by atoms with Gasteiger partial charge in [-0.2, -0.15) is 25.1 Å². The smallest absolute Gasteiger partial charge is 0.247 e. The number of sulfonamides is 1. The number of nitrogens with two attached hydrogens (primary N) is 2. The van der Waals surface area contributed by atoms with Gasteiger partial charge in [-0.15, -0.1) is 0 Å². The molecule has 12 heteroatoms. The van der Waals surface area contributed by atoms with E-state index in [1.807, 2.05) is 13.8 Å². The van der Waals surface area contributed by atoms with Crippen molar-refractivity contribution in [2.75, 3.05) is 13.1 Å². The molecule has 11 nitrogen and oxygen atoms in total. The van der Waals surface area contributed by atoms with Gasteiger partial charge in [-0.3, -0.25) is 10.8 Å². The van der Waals surface area contributed by atoms with E-state index in [9.17, 15) is 8.42 Å². The average molecular weight is 456 g/mol. The van der Waals surface area contributed by atoms with Crippen molar-refractivity contribution < 1.29 is 8.42 Å². The van der Waals surface area contributed by atoms with Crippen molar-refractivity contribution >= 4 is 21.7 Å². The van der Waals surface area contributed by atoms with Crippen LogP contribution in [0.25, 0.3) is 0 Å². The van der Waals surface area contributed by atoms with Gasteiger partial charge in [0.05, 0.1) is 12.1 Å². The molecule has 6 N–H and O–H groups in total. The molecule has 0 saturated carbocycles. The molecule has 0 saturated heterocycles. The topological polar surface area (TPSA) is 209 Å². The van der Waals surface area contributed by atoms with Gasteiger partial charge in [0.2, 0.25) is 15.3 Å². The number of nitriles is 2. The Hall–Kier alpha value is -2.57. The van der Waals surface area contributed by atoms with Crippen LogP contribution in [0, 0.1) is 33.5 Å². The highest BCUT2D eigenvalue weighted by atomic mass is 32.2. The molecule has 0 aromatic carbocycles. The van der Waals surface area contributed by atoms with E-state index in [4.69, 9.17) is 32.8 Å². The second kappa shape index (κ2) is 13.7. The Bertz CT molecular complexity index is 755. The Morgan fingerprint density at radius 1 is 0.935 bits per heavy atom. The molecule has 0 spiro atoms. The molecule has 0 aliphatic carbocycles. The summed E-state index contributed by atoms with van der Waals surface area (Å²) in [7, 11) is -3.80. The first kappa shape index (κ1) is 30.6. The Labute approximate surface area is 186 Å². The molecule has 0 unspecified atom stereocenters. The maximum Gasteiger partial charge on any atom is 0.247 e. The van der Waals surface area contributed by atoms with E-state index in [2.05, 4.69) is 10.2 Å². The van der Waals surface area contributed by atoms with Crippen molar-refractivity contribution in [1.82, 2.24) is 4.31 Å². The third kappa shape index (κ3) is 10.9. The van der Waals surface area contributed by atoms with E-state index in [1.165, 1.54) is 16.4 Å². The number of hydrogen-bond acceptors (Lipinski definition) is 8. The summed E-state index contributed by atoms with van der Waals surface area (Å²) in [5.74, 6) is -0.138. The summed E-state index contributed by atoms with van der Waals surface area (Å²) in [6, 6.07) is 3.07. The van der Waals surface area contributed by atoms with Crippen LogP contribution in [0.5, 0.6) is 0 Å². The molecule has 31 heavy (non-hydrogen) atoms. The molecular weight excluding hydrogens is 418 g/mol. The molecule has 0 atom stereocenters. The van der Waals surface area contributed by atoms with Gasteiger partial charge in [0, 0.05) is 13.1 Å². The van der Waals surface area contributed by atoms with Crippen molar-refractivity contribution in [2.45, 2.75) is 83.6 Å². The zero-order chi connectivity index (χ0) is 24.9. The molecule has 0 radical (unpaired) electrons. The quantitative estimate of drug-likeness (QED) is 0.197. The standard InChI is InChI=1S/C11H19N3O2S.C8H18N6/c1-3-5-7-14(8-6-4-2)17(15,16)11(9-12)10-13;1-7(2,5(9)10)13-14-8(3,4)6(11)12/h11H,3-8H2,1-2H3;1-4H3,(H3,9,10)(H3,11,12). The van der Waals surface area contributed by atoms with Crippen LogP contribution in [0.3, 0.4) is 0 Å². The largest absolute Gasteiger partial charge is 0.386 e. The van der Waals surface area contributed by atoms with Crippen molar-refractivity contribution in [1.29, 1.82) is 21.3 Å². The lowest BCUT2D eigenvalue weighted by molar-refractivity contribution is 0.395. The number of azo groups is 1. The van der Waals surface area contributed by atoms with Crippen LogP contribution >= 0.6 is 0 Å². The molecule has 176 valence electrons. The zero-order valence-corrected chi connectivity index (χ0v) is 20.3. The van der Waals surface area contributed by atoms with Crippen LogP contribution < -0.4 is 11.5 Å². The van der Waals surface area contributed by atoms with Gasteiger partial charge in [-0.1, -0.05) is 26.7 Å². The van der Waals surface area contributed by atoms with Gasteiger partial charge in [0.25, 0.3) is 0 Å². The van der Waals surface area contributed by atoms with Crippen LogP contribution in [0.2, 0.25) is 0 Å². The third-order valence-corrected chi connectivity index (χ3v) is 6.17. The molecule has 0 rings (SSSR count). The number of nitrogens with one attached hydrogen (secondary N) is 2. The van der Waals surface area contributed by atoms with E-state index < -0.39 is 26.4 Å². The van der Waals surface area contributed by atoms with Crippen molar-refractivity contribution in [3.05, 3.63) is 0 Å². The Morgan fingerprint density at radius 2 is 1.26 bits per heavy atom. The normalized spacial score (nSPS) is 12.2. The van der Waals surface area contributed by atoms with Gasteiger partial charge in [-0.25, -0.2) is 8.42 Å². The SMILES string of the molecule is CC(C)(N=NC(C)(C)C(=N)N)C(=N)N.CCCCN(CCCC)S(=O)(=O)C(C#N)C#N. The lowest BCUT2D eigenvalue weighted by Crippen LogP contribution is -2.39. The number of hydrogen-bond donors (Lipinski definition) is 4. The molecule has 0 fully saturated rings. The van der Waals surface area contributed by atoms with Crippen LogP contribution in [-0.4, -0.2) is 53.8 Å². The minimum absolute atomic E-state index is 0.0689. The van der Waals surface area contributed by atoms with Crippen LogP contribution in [0.1, 0.15) is 67.2 Å². The number of nitrogens with zero attached hydrogens (tertiary/aromatic N) is 5. The van der Waals surface area contributed by atoms with Crippen molar-refractivity contribution in [2.24, 2.45) is 21.7 Å². The highest BCUT2D eigenvalue weighted by molar-refractivity contribution is 7.90. The summed E-state index contributed by atoms with van der Waals surface area (Å²) in [5, 5.41) is 38.1. The molecule has 0 aliphatic rings. The number of amidine groups is 2. The summed E-state index contributed by atoms with van der Waals surface area (Å²) in [6.45, 7) is 11.4. The van der Waals surface area contributed by atoms with E-state index in [0.717, 1.165) is 25.7 Å². The molecule has 0 heterocycles. The predicted molar refractivity (Wildman–Crippen MR) is 122 cm³/mol. The summed E-state index contributed by atoms with van der Waals surface area (Å²) in [6.07, 6.45) is 3.24. The first-order valence-corrected chi connectivity index (χ1v) is 11.6. The molecule has 0 amide bonds. The Balaban J connectivity index is 0. The molecule has 0 aliphatic heterocycles. The lowest BCUT2D eigenvalue weighted by Gasteiger charge is -2.21. The average Bonchev–Trinajstić information content (AvgIpc) is 2.67. The van der Waals surface area contributed by atoms with E-state index in [-0.39, 0.29) is 11.7 Å². The zero-order valence-electron chi connectivity index (χ0n) is 19.4. The molecule has 0 bridgehead atoms. The molecular formula is C19H37N9O2S. The highest BCUT2D eigenvalue weighted by Crippen LogP contribution is 2.15. The van der Waals surface area contributed by atoms with E-state index in [0.29, 0.717) is 13.1 Å². The van der Waals surface area contributed by atoms with Crippen LogP contribution in [-0.2, 0) is 10.0 Å². The maximum absolute atomic E-state index is 12.0. The maximum atomic E-state index is 12.0. The fourth-order valence-corrected chi connectivity index (χ4v) is 3.04.